The minimum Gasteiger partial charge on any atom is -0.468 e. The Morgan fingerprint density at radius 1 is 1.26 bits per heavy atom. The molecule has 0 radical (unpaired) electrons. The van der Waals surface area contributed by atoms with Gasteiger partial charge < -0.3 is 4.74 Å². The van der Waals surface area contributed by atoms with Gasteiger partial charge in [0, 0.05) is 6.54 Å². The lowest BCUT2D eigenvalue weighted by Crippen LogP contribution is -2.33. The summed E-state index contributed by atoms with van der Waals surface area (Å²) in [4.78, 5) is 36.3. The number of rotatable bonds is 4. The summed E-state index contributed by atoms with van der Waals surface area (Å²) in [6.45, 7) is 0.0929. The first-order valence-electron chi connectivity index (χ1n) is 5.73. The van der Waals surface area contributed by atoms with Crippen molar-refractivity contribution >= 4 is 29.4 Å². The van der Waals surface area contributed by atoms with Gasteiger partial charge in [-0.1, -0.05) is 12.1 Å². The third-order valence-corrected chi connectivity index (χ3v) is 3.34. The molecule has 0 saturated carbocycles. The molecule has 2 amide bonds. The molecule has 0 bridgehead atoms. The summed E-state index contributed by atoms with van der Waals surface area (Å²) < 4.78 is 4.48. The monoisotopic (exact) mass is 281 g/mol. The van der Waals surface area contributed by atoms with Crippen LogP contribution in [0.5, 0.6) is 0 Å². The molecule has 0 aromatic heterocycles. The van der Waals surface area contributed by atoms with Crippen molar-refractivity contribution in [2.75, 3.05) is 13.7 Å². The maximum atomic E-state index is 12.0. The molecule has 1 unspecified atom stereocenters. The van der Waals surface area contributed by atoms with Crippen LogP contribution in [0.15, 0.2) is 24.3 Å². The molecule has 1 atom stereocenters. The SMILES string of the molecule is COC(=O)C(Cl)CCN1C(=O)c2ccccc2C1=O. The van der Waals surface area contributed by atoms with Gasteiger partial charge in [-0.15, -0.1) is 11.6 Å². The van der Waals surface area contributed by atoms with Gasteiger partial charge in [-0.05, 0) is 18.6 Å². The van der Waals surface area contributed by atoms with Gasteiger partial charge in [0.25, 0.3) is 11.8 Å². The predicted octanol–water partition coefficient (Wildman–Crippen LogP) is 1.45. The number of hydrogen-bond donors (Lipinski definition) is 0. The Morgan fingerprint density at radius 2 is 1.79 bits per heavy atom. The molecule has 0 spiro atoms. The van der Waals surface area contributed by atoms with Crippen LogP contribution >= 0.6 is 11.6 Å². The number of hydrogen-bond acceptors (Lipinski definition) is 4. The van der Waals surface area contributed by atoms with Crippen LogP contribution in [0.1, 0.15) is 27.1 Å². The summed E-state index contributed by atoms with van der Waals surface area (Å²) >= 11 is 5.79. The number of carbonyl (C=O) groups is 3. The van der Waals surface area contributed by atoms with Crippen molar-refractivity contribution in [2.45, 2.75) is 11.8 Å². The van der Waals surface area contributed by atoms with Gasteiger partial charge in [0.15, 0.2) is 0 Å². The van der Waals surface area contributed by atoms with E-state index in [2.05, 4.69) is 4.74 Å². The number of esters is 1. The first-order valence-corrected chi connectivity index (χ1v) is 6.17. The predicted molar refractivity (Wildman–Crippen MR) is 68.1 cm³/mol. The zero-order valence-corrected chi connectivity index (χ0v) is 11.0. The zero-order chi connectivity index (χ0) is 14.0. The largest absolute Gasteiger partial charge is 0.468 e. The highest BCUT2D eigenvalue weighted by Crippen LogP contribution is 2.23. The van der Waals surface area contributed by atoms with Crippen LogP contribution in [0.25, 0.3) is 0 Å². The van der Waals surface area contributed by atoms with Crippen molar-refractivity contribution in [3.05, 3.63) is 35.4 Å². The molecular formula is C13H12ClNO4. The maximum Gasteiger partial charge on any atom is 0.323 e. The molecule has 19 heavy (non-hydrogen) atoms. The number of halogens is 1. The highest BCUT2D eigenvalue weighted by molar-refractivity contribution is 6.30. The lowest BCUT2D eigenvalue weighted by molar-refractivity contribution is -0.140. The summed E-state index contributed by atoms with van der Waals surface area (Å²) in [7, 11) is 1.24. The van der Waals surface area contributed by atoms with Gasteiger partial charge >= 0.3 is 5.97 Å². The molecule has 2 rings (SSSR count). The molecule has 0 saturated heterocycles. The van der Waals surface area contributed by atoms with Crippen molar-refractivity contribution < 1.29 is 19.1 Å². The second kappa shape index (κ2) is 5.40. The molecule has 1 heterocycles. The van der Waals surface area contributed by atoms with Gasteiger partial charge in [0.2, 0.25) is 0 Å². The van der Waals surface area contributed by atoms with Gasteiger partial charge in [-0.3, -0.25) is 19.3 Å². The maximum absolute atomic E-state index is 12.0. The summed E-state index contributed by atoms with van der Waals surface area (Å²) in [6, 6.07) is 6.61. The van der Waals surface area contributed by atoms with Crippen molar-refractivity contribution in [2.24, 2.45) is 0 Å². The summed E-state index contributed by atoms with van der Waals surface area (Å²) in [5.41, 5.74) is 0.772. The number of methoxy groups -OCH3 is 1. The lowest BCUT2D eigenvalue weighted by atomic mass is 10.1. The van der Waals surface area contributed by atoms with E-state index in [1.807, 2.05) is 0 Å². The van der Waals surface area contributed by atoms with E-state index in [9.17, 15) is 14.4 Å². The van der Waals surface area contributed by atoms with Crippen LogP contribution in [-0.4, -0.2) is 41.7 Å². The third kappa shape index (κ3) is 2.46. The fraction of sp³-hybridized carbons (Fsp3) is 0.308. The topological polar surface area (TPSA) is 63.7 Å². The van der Waals surface area contributed by atoms with Crippen LogP contribution in [0, 0.1) is 0 Å². The molecule has 100 valence electrons. The Bertz CT molecular complexity index is 508. The van der Waals surface area contributed by atoms with Gasteiger partial charge in [0.1, 0.15) is 5.38 Å². The molecular weight excluding hydrogens is 270 g/mol. The number of amides is 2. The van der Waals surface area contributed by atoms with Gasteiger partial charge in [-0.25, -0.2) is 0 Å². The number of carbonyl (C=O) groups excluding carboxylic acids is 3. The molecule has 1 aliphatic heterocycles. The Balaban J connectivity index is 2.07. The summed E-state index contributed by atoms with van der Waals surface area (Å²) in [5.74, 6) is -1.28. The highest BCUT2D eigenvalue weighted by Gasteiger charge is 2.35. The van der Waals surface area contributed by atoms with Crippen LogP contribution in [0.2, 0.25) is 0 Å². The smallest absolute Gasteiger partial charge is 0.323 e. The summed E-state index contributed by atoms with van der Waals surface area (Å²) in [6.07, 6.45) is 0.166. The minimum atomic E-state index is -0.866. The van der Waals surface area contributed by atoms with E-state index in [0.717, 1.165) is 4.90 Å². The molecule has 1 aromatic rings. The summed E-state index contributed by atoms with van der Waals surface area (Å²) in [5, 5.41) is -0.866. The lowest BCUT2D eigenvalue weighted by Gasteiger charge is -2.15. The Morgan fingerprint density at radius 3 is 2.26 bits per heavy atom. The number of imide groups is 1. The molecule has 0 N–H and O–H groups in total. The van der Waals surface area contributed by atoms with E-state index in [0.29, 0.717) is 11.1 Å². The number of ether oxygens (including phenoxy) is 1. The number of fused-ring (bicyclic) bond motifs is 1. The van der Waals surface area contributed by atoms with E-state index in [1.54, 1.807) is 24.3 Å². The molecule has 0 fully saturated rings. The van der Waals surface area contributed by atoms with Gasteiger partial charge in [-0.2, -0.15) is 0 Å². The number of nitrogens with zero attached hydrogens (tertiary/aromatic N) is 1. The highest BCUT2D eigenvalue weighted by atomic mass is 35.5. The average Bonchev–Trinajstić information content (AvgIpc) is 2.68. The molecule has 0 aliphatic carbocycles. The first-order chi connectivity index (χ1) is 9.06. The van der Waals surface area contributed by atoms with E-state index >= 15 is 0 Å². The standard InChI is InChI=1S/C13H12ClNO4/c1-19-13(18)10(14)6-7-15-11(16)8-4-2-3-5-9(8)12(15)17/h2-5,10H,6-7H2,1H3. The quantitative estimate of drug-likeness (QED) is 0.476. The van der Waals surface area contributed by atoms with E-state index < -0.39 is 11.3 Å². The normalized spacial score (nSPS) is 15.4. The van der Waals surface area contributed by atoms with E-state index in [4.69, 9.17) is 11.6 Å². The third-order valence-electron chi connectivity index (χ3n) is 2.94. The van der Waals surface area contributed by atoms with E-state index in [1.165, 1.54) is 7.11 Å². The molecule has 5 nitrogen and oxygen atoms in total. The fourth-order valence-electron chi connectivity index (χ4n) is 1.93. The molecule has 6 heteroatoms. The van der Waals surface area contributed by atoms with Crippen molar-refractivity contribution in [3.8, 4) is 0 Å². The Labute approximate surface area is 115 Å². The second-order valence-corrected chi connectivity index (χ2v) is 4.61. The first kappa shape index (κ1) is 13.5. The Hall–Kier alpha value is -1.88. The molecule has 1 aromatic carbocycles. The number of alkyl halides is 1. The van der Waals surface area contributed by atoms with Crippen LogP contribution < -0.4 is 0 Å². The van der Waals surface area contributed by atoms with Crippen LogP contribution in [0.4, 0.5) is 0 Å². The van der Waals surface area contributed by atoms with Crippen molar-refractivity contribution in [1.29, 1.82) is 0 Å². The van der Waals surface area contributed by atoms with Gasteiger partial charge in [0.05, 0.1) is 18.2 Å². The van der Waals surface area contributed by atoms with Crippen LogP contribution in [-0.2, 0) is 9.53 Å². The average molecular weight is 282 g/mol. The van der Waals surface area contributed by atoms with Crippen LogP contribution in [0.3, 0.4) is 0 Å². The Kier molecular flexibility index (Phi) is 3.85. The van der Waals surface area contributed by atoms with Crippen molar-refractivity contribution in [1.82, 2.24) is 4.90 Å². The number of benzene rings is 1. The minimum absolute atomic E-state index is 0.0929. The zero-order valence-electron chi connectivity index (χ0n) is 10.3. The fourth-order valence-corrected chi connectivity index (χ4v) is 2.12. The van der Waals surface area contributed by atoms with E-state index in [-0.39, 0.29) is 24.8 Å². The van der Waals surface area contributed by atoms with Crippen molar-refractivity contribution in [3.63, 3.8) is 0 Å². The molecule has 1 aliphatic rings. The second-order valence-electron chi connectivity index (χ2n) is 4.09.